The predicted octanol–water partition coefficient (Wildman–Crippen LogP) is 2.80. The van der Waals surface area contributed by atoms with Gasteiger partial charge in [0.2, 0.25) is 0 Å². The second-order valence-corrected chi connectivity index (χ2v) is 4.79. The van der Waals surface area contributed by atoms with Crippen LogP contribution in [0.5, 0.6) is 0 Å². The van der Waals surface area contributed by atoms with E-state index in [0.717, 1.165) is 26.5 Å². The molecule has 0 aliphatic carbocycles. The standard InChI is InChI=1S/C12H13IN4/c1-7-5-4-6-9(15-7)11-16-8(2)10(13)12(14-3)17-11/h4-6H,1-3H3,(H,14,16,17). The third-order valence-electron chi connectivity index (χ3n) is 2.37. The van der Waals surface area contributed by atoms with E-state index in [4.69, 9.17) is 0 Å². The molecule has 0 aliphatic rings. The minimum Gasteiger partial charge on any atom is -0.372 e. The Kier molecular flexibility index (Phi) is 3.56. The van der Waals surface area contributed by atoms with Crippen LogP contribution in [0.4, 0.5) is 5.82 Å². The average Bonchev–Trinajstić information content (AvgIpc) is 2.32. The van der Waals surface area contributed by atoms with Gasteiger partial charge in [-0.25, -0.2) is 15.0 Å². The molecule has 2 rings (SSSR count). The third-order valence-corrected chi connectivity index (χ3v) is 3.66. The van der Waals surface area contributed by atoms with Gasteiger partial charge in [-0.05, 0) is 48.6 Å². The smallest absolute Gasteiger partial charge is 0.180 e. The number of anilines is 1. The molecule has 0 saturated carbocycles. The summed E-state index contributed by atoms with van der Waals surface area (Å²) in [5.74, 6) is 1.51. The zero-order valence-electron chi connectivity index (χ0n) is 9.95. The summed E-state index contributed by atoms with van der Waals surface area (Å²) in [7, 11) is 1.86. The van der Waals surface area contributed by atoms with Gasteiger partial charge in [-0.3, -0.25) is 0 Å². The Morgan fingerprint density at radius 3 is 2.53 bits per heavy atom. The number of aromatic nitrogens is 3. The Labute approximate surface area is 114 Å². The van der Waals surface area contributed by atoms with E-state index in [-0.39, 0.29) is 0 Å². The molecule has 0 amide bonds. The van der Waals surface area contributed by atoms with Gasteiger partial charge in [-0.2, -0.15) is 0 Å². The van der Waals surface area contributed by atoms with Crippen LogP contribution in [0.2, 0.25) is 0 Å². The molecule has 1 N–H and O–H groups in total. The van der Waals surface area contributed by atoms with Crippen LogP contribution in [0.1, 0.15) is 11.4 Å². The van der Waals surface area contributed by atoms with Crippen molar-refractivity contribution in [3.8, 4) is 11.5 Å². The van der Waals surface area contributed by atoms with Crippen molar-refractivity contribution in [2.45, 2.75) is 13.8 Å². The van der Waals surface area contributed by atoms with E-state index in [2.05, 4.69) is 42.9 Å². The first-order valence-corrected chi connectivity index (χ1v) is 6.35. The van der Waals surface area contributed by atoms with Crippen LogP contribution in [0.3, 0.4) is 0 Å². The largest absolute Gasteiger partial charge is 0.372 e. The summed E-state index contributed by atoms with van der Waals surface area (Å²) in [6, 6.07) is 5.85. The van der Waals surface area contributed by atoms with Gasteiger partial charge in [0, 0.05) is 12.7 Å². The van der Waals surface area contributed by atoms with Gasteiger partial charge in [-0.1, -0.05) is 6.07 Å². The van der Waals surface area contributed by atoms with Crippen LogP contribution >= 0.6 is 22.6 Å². The lowest BCUT2D eigenvalue weighted by atomic mass is 10.3. The second kappa shape index (κ2) is 4.95. The Morgan fingerprint density at radius 2 is 1.88 bits per heavy atom. The van der Waals surface area contributed by atoms with Crippen molar-refractivity contribution in [3.05, 3.63) is 33.2 Å². The van der Waals surface area contributed by atoms with E-state index >= 15 is 0 Å². The normalized spacial score (nSPS) is 10.4. The van der Waals surface area contributed by atoms with Crippen LogP contribution in [0, 0.1) is 17.4 Å². The summed E-state index contributed by atoms with van der Waals surface area (Å²) in [6.45, 7) is 3.94. The monoisotopic (exact) mass is 340 g/mol. The van der Waals surface area contributed by atoms with Gasteiger partial charge in [0.15, 0.2) is 5.82 Å². The molecule has 0 saturated heterocycles. The van der Waals surface area contributed by atoms with Gasteiger partial charge in [-0.15, -0.1) is 0 Å². The molecule has 0 atom stereocenters. The molecule has 4 nitrogen and oxygen atoms in total. The van der Waals surface area contributed by atoms with E-state index in [0.29, 0.717) is 5.82 Å². The highest BCUT2D eigenvalue weighted by Crippen LogP contribution is 2.22. The third kappa shape index (κ3) is 2.54. The highest BCUT2D eigenvalue weighted by atomic mass is 127. The summed E-state index contributed by atoms with van der Waals surface area (Å²) in [5.41, 5.74) is 2.73. The van der Waals surface area contributed by atoms with Gasteiger partial charge >= 0.3 is 0 Å². The first kappa shape index (κ1) is 12.2. The molecular formula is C12H13IN4. The van der Waals surface area contributed by atoms with Crippen LogP contribution in [-0.2, 0) is 0 Å². The summed E-state index contributed by atoms with van der Waals surface area (Å²) >= 11 is 2.24. The molecule has 2 heterocycles. The highest BCUT2D eigenvalue weighted by molar-refractivity contribution is 14.1. The molecule has 5 heteroatoms. The lowest BCUT2D eigenvalue weighted by molar-refractivity contribution is 1.06. The average molecular weight is 340 g/mol. The van der Waals surface area contributed by atoms with E-state index in [1.807, 2.05) is 39.1 Å². The van der Waals surface area contributed by atoms with Gasteiger partial charge in [0.05, 0.1) is 9.26 Å². The maximum absolute atomic E-state index is 4.47. The molecule has 0 aliphatic heterocycles. The fourth-order valence-electron chi connectivity index (χ4n) is 1.51. The lowest BCUT2D eigenvalue weighted by Gasteiger charge is -2.08. The highest BCUT2D eigenvalue weighted by Gasteiger charge is 2.10. The van der Waals surface area contributed by atoms with Crippen LogP contribution < -0.4 is 5.32 Å². The minimum absolute atomic E-state index is 0.663. The van der Waals surface area contributed by atoms with E-state index < -0.39 is 0 Å². The molecule has 17 heavy (non-hydrogen) atoms. The summed E-state index contributed by atoms with van der Waals surface area (Å²) in [5, 5.41) is 3.07. The topological polar surface area (TPSA) is 50.7 Å². The van der Waals surface area contributed by atoms with Crippen molar-refractivity contribution in [2.24, 2.45) is 0 Å². The zero-order valence-corrected chi connectivity index (χ0v) is 12.1. The van der Waals surface area contributed by atoms with E-state index in [9.17, 15) is 0 Å². The van der Waals surface area contributed by atoms with Crippen LogP contribution in [0.15, 0.2) is 18.2 Å². The summed E-state index contributed by atoms with van der Waals surface area (Å²) in [6.07, 6.45) is 0. The SMILES string of the molecule is CNc1nc(-c2cccc(C)n2)nc(C)c1I. The number of pyridine rings is 1. The number of hydrogen-bond donors (Lipinski definition) is 1. The Balaban J connectivity index is 2.56. The molecule has 2 aromatic heterocycles. The van der Waals surface area contributed by atoms with Crippen LogP contribution in [-0.4, -0.2) is 22.0 Å². The first-order valence-electron chi connectivity index (χ1n) is 5.27. The molecule has 0 bridgehead atoms. The number of rotatable bonds is 2. The summed E-state index contributed by atoms with van der Waals surface area (Å²) in [4.78, 5) is 13.4. The predicted molar refractivity (Wildman–Crippen MR) is 77.0 cm³/mol. The molecule has 0 fully saturated rings. The Bertz CT molecular complexity index is 554. The van der Waals surface area contributed by atoms with Crippen molar-refractivity contribution in [1.82, 2.24) is 15.0 Å². The maximum atomic E-state index is 4.47. The van der Waals surface area contributed by atoms with Crippen molar-refractivity contribution < 1.29 is 0 Å². The molecule has 0 aromatic carbocycles. The zero-order chi connectivity index (χ0) is 12.4. The minimum atomic E-state index is 0.663. The Morgan fingerprint density at radius 1 is 1.12 bits per heavy atom. The Hall–Kier alpha value is -1.24. The molecule has 0 unspecified atom stereocenters. The van der Waals surface area contributed by atoms with Gasteiger partial charge in [0.1, 0.15) is 11.5 Å². The fraction of sp³-hybridized carbons (Fsp3) is 0.250. The van der Waals surface area contributed by atoms with Gasteiger partial charge in [0.25, 0.3) is 0 Å². The molecule has 2 aromatic rings. The summed E-state index contributed by atoms with van der Waals surface area (Å²) < 4.78 is 1.04. The van der Waals surface area contributed by atoms with Crippen molar-refractivity contribution in [1.29, 1.82) is 0 Å². The van der Waals surface area contributed by atoms with Crippen LogP contribution in [0.25, 0.3) is 11.5 Å². The number of halogens is 1. The number of nitrogens with one attached hydrogen (secondary N) is 1. The number of nitrogens with zero attached hydrogens (tertiary/aromatic N) is 3. The number of hydrogen-bond acceptors (Lipinski definition) is 4. The quantitative estimate of drug-likeness (QED) is 0.855. The second-order valence-electron chi connectivity index (χ2n) is 3.71. The van der Waals surface area contributed by atoms with Gasteiger partial charge < -0.3 is 5.32 Å². The van der Waals surface area contributed by atoms with E-state index in [1.54, 1.807) is 0 Å². The van der Waals surface area contributed by atoms with Crippen molar-refractivity contribution >= 4 is 28.4 Å². The molecule has 0 spiro atoms. The van der Waals surface area contributed by atoms with Crippen molar-refractivity contribution in [2.75, 3.05) is 12.4 Å². The van der Waals surface area contributed by atoms with Crippen molar-refractivity contribution in [3.63, 3.8) is 0 Å². The van der Waals surface area contributed by atoms with E-state index in [1.165, 1.54) is 0 Å². The molecule has 0 radical (unpaired) electrons. The molecular weight excluding hydrogens is 327 g/mol. The lowest BCUT2D eigenvalue weighted by Crippen LogP contribution is -2.03. The molecule has 88 valence electrons. The first-order chi connectivity index (χ1) is 8.11. The number of aryl methyl sites for hydroxylation is 2. The maximum Gasteiger partial charge on any atom is 0.180 e. The fourth-order valence-corrected chi connectivity index (χ4v) is 2.02.